The summed E-state index contributed by atoms with van der Waals surface area (Å²) in [5.74, 6) is 0.233. The Morgan fingerprint density at radius 1 is 1.16 bits per heavy atom. The summed E-state index contributed by atoms with van der Waals surface area (Å²) in [6, 6.07) is 15.6. The number of hydrogen-bond acceptors (Lipinski definition) is 1. The number of rotatable bonds is 5. The first-order valence-electron chi connectivity index (χ1n) is 6.36. The van der Waals surface area contributed by atoms with E-state index < -0.39 is 0 Å². The van der Waals surface area contributed by atoms with Gasteiger partial charge in [0.1, 0.15) is 5.82 Å². The van der Waals surface area contributed by atoms with Crippen molar-refractivity contribution in [1.29, 1.82) is 0 Å². The first-order chi connectivity index (χ1) is 9.16. The van der Waals surface area contributed by atoms with Crippen molar-refractivity contribution in [2.75, 3.05) is 6.54 Å². The molecule has 0 saturated heterocycles. The van der Waals surface area contributed by atoms with Crippen LogP contribution in [-0.4, -0.2) is 6.54 Å². The van der Waals surface area contributed by atoms with E-state index in [0.29, 0.717) is 16.9 Å². The van der Waals surface area contributed by atoms with Crippen LogP contribution in [-0.2, 0) is 6.54 Å². The van der Waals surface area contributed by atoms with Gasteiger partial charge < -0.3 is 5.32 Å². The molecule has 0 aromatic heterocycles. The molecule has 0 aliphatic heterocycles. The van der Waals surface area contributed by atoms with Crippen LogP contribution in [0.4, 0.5) is 4.39 Å². The van der Waals surface area contributed by atoms with Gasteiger partial charge >= 0.3 is 0 Å². The van der Waals surface area contributed by atoms with Crippen LogP contribution >= 0.6 is 15.9 Å². The van der Waals surface area contributed by atoms with E-state index in [1.165, 1.54) is 5.56 Å². The fraction of sp³-hybridized carbons (Fsp3) is 0.250. The maximum Gasteiger partial charge on any atom is 0.137 e. The molecule has 3 heteroatoms. The van der Waals surface area contributed by atoms with E-state index in [0.717, 1.165) is 12.1 Å². The zero-order valence-corrected chi connectivity index (χ0v) is 12.5. The summed E-state index contributed by atoms with van der Waals surface area (Å²) in [5, 5.41) is 3.36. The Bertz CT molecular complexity index is 528. The Kier molecular flexibility index (Phi) is 5.11. The van der Waals surface area contributed by atoms with E-state index in [-0.39, 0.29) is 5.82 Å². The van der Waals surface area contributed by atoms with Crippen LogP contribution < -0.4 is 5.32 Å². The third-order valence-corrected chi connectivity index (χ3v) is 3.78. The lowest BCUT2D eigenvalue weighted by atomic mass is 10.0. The van der Waals surface area contributed by atoms with Crippen LogP contribution in [0, 0.1) is 5.82 Å². The summed E-state index contributed by atoms with van der Waals surface area (Å²) >= 11 is 3.16. The molecule has 0 radical (unpaired) electrons. The Morgan fingerprint density at radius 2 is 1.89 bits per heavy atom. The van der Waals surface area contributed by atoms with Gasteiger partial charge in [0.25, 0.3) is 0 Å². The third-order valence-electron chi connectivity index (χ3n) is 3.13. The molecule has 1 unspecified atom stereocenters. The Labute approximate surface area is 122 Å². The molecule has 0 bridgehead atoms. The maximum absolute atomic E-state index is 13.4. The van der Waals surface area contributed by atoms with Gasteiger partial charge in [-0.3, -0.25) is 0 Å². The summed E-state index contributed by atoms with van der Waals surface area (Å²) in [6.45, 7) is 3.74. The molecule has 0 fully saturated rings. The van der Waals surface area contributed by atoms with Crippen molar-refractivity contribution in [2.45, 2.75) is 19.4 Å². The van der Waals surface area contributed by atoms with Crippen molar-refractivity contribution in [3.05, 3.63) is 69.9 Å². The summed E-state index contributed by atoms with van der Waals surface area (Å²) < 4.78 is 13.9. The SMILES string of the molecule is CC(CNCc1ccc(Br)c(F)c1)c1ccccc1. The molecule has 2 aromatic carbocycles. The van der Waals surface area contributed by atoms with Crippen LogP contribution in [0.2, 0.25) is 0 Å². The molecule has 2 aromatic rings. The quantitative estimate of drug-likeness (QED) is 0.856. The summed E-state index contributed by atoms with van der Waals surface area (Å²) in [7, 11) is 0. The lowest BCUT2D eigenvalue weighted by Gasteiger charge is -2.13. The molecule has 0 heterocycles. The van der Waals surface area contributed by atoms with E-state index in [2.05, 4.69) is 52.4 Å². The highest BCUT2D eigenvalue weighted by atomic mass is 79.9. The first kappa shape index (κ1) is 14.2. The van der Waals surface area contributed by atoms with Gasteiger partial charge in [0.15, 0.2) is 0 Å². The lowest BCUT2D eigenvalue weighted by Crippen LogP contribution is -2.19. The average molecular weight is 322 g/mol. The van der Waals surface area contributed by atoms with Gasteiger partial charge in [-0.15, -0.1) is 0 Å². The van der Waals surface area contributed by atoms with Gasteiger partial charge in [-0.25, -0.2) is 4.39 Å². The Morgan fingerprint density at radius 3 is 2.58 bits per heavy atom. The predicted octanol–water partition coefficient (Wildman–Crippen LogP) is 4.48. The van der Waals surface area contributed by atoms with Gasteiger partial charge in [0, 0.05) is 13.1 Å². The Balaban J connectivity index is 1.85. The monoisotopic (exact) mass is 321 g/mol. The van der Waals surface area contributed by atoms with Gasteiger partial charge in [-0.05, 0) is 45.1 Å². The Hall–Kier alpha value is -1.19. The minimum Gasteiger partial charge on any atom is -0.312 e. The van der Waals surface area contributed by atoms with E-state index in [4.69, 9.17) is 0 Å². The van der Waals surface area contributed by atoms with Gasteiger partial charge in [-0.2, -0.15) is 0 Å². The number of benzene rings is 2. The highest BCUT2D eigenvalue weighted by Crippen LogP contribution is 2.17. The van der Waals surface area contributed by atoms with E-state index >= 15 is 0 Å². The van der Waals surface area contributed by atoms with Crippen LogP contribution in [0.5, 0.6) is 0 Å². The highest BCUT2D eigenvalue weighted by molar-refractivity contribution is 9.10. The molecule has 2 rings (SSSR count). The molecule has 1 N–H and O–H groups in total. The zero-order valence-electron chi connectivity index (χ0n) is 10.9. The molecule has 1 nitrogen and oxygen atoms in total. The largest absolute Gasteiger partial charge is 0.312 e. The van der Waals surface area contributed by atoms with E-state index in [1.54, 1.807) is 12.1 Å². The van der Waals surface area contributed by atoms with Gasteiger partial charge in [0.2, 0.25) is 0 Å². The average Bonchev–Trinajstić information content (AvgIpc) is 2.43. The molecular formula is C16H17BrFN. The molecule has 0 aliphatic carbocycles. The summed E-state index contributed by atoms with van der Waals surface area (Å²) in [6.07, 6.45) is 0. The fourth-order valence-corrected chi connectivity index (χ4v) is 2.23. The van der Waals surface area contributed by atoms with E-state index in [1.807, 2.05) is 12.1 Å². The second-order valence-electron chi connectivity index (χ2n) is 4.69. The molecule has 0 amide bonds. The lowest BCUT2D eigenvalue weighted by molar-refractivity contribution is 0.600. The van der Waals surface area contributed by atoms with Crippen LogP contribution in [0.25, 0.3) is 0 Å². The standard InChI is InChI=1S/C16H17BrFN/c1-12(14-5-3-2-4-6-14)10-19-11-13-7-8-15(17)16(18)9-13/h2-9,12,19H,10-11H2,1H3. The van der Waals surface area contributed by atoms with E-state index in [9.17, 15) is 4.39 Å². The van der Waals surface area contributed by atoms with Crippen molar-refractivity contribution < 1.29 is 4.39 Å². The molecule has 0 spiro atoms. The fourth-order valence-electron chi connectivity index (χ4n) is 1.98. The minimum atomic E-state index is -0.213. The topological polar surface area (TPSA) is 12.0 Å². The van der Waals surface area contributed by atoms with Crippen molar-refractivity contribution in [2.24, 2.45) is 0 Å². The molecule has 0 aliphatic rings. The van der Waals surface area contributed by atoms with Gasteiger partial charge in [-0.1, -0.05) is 43.3 Å². The zero-order chi connectivity index (χ0) is 13.7. The smallest absolute Gasteiger partial charge is 0.137 e. The summed E-state index contributed by atoms with van der Waals surface area (Å²) in [5.41, 5.74) is 2.28. The molecule has 0 saturated carbocycles. The van der Waals surface area contributed by atoms with Gasteiger partial charge in [0.05, 0.1) is 4.47 Å². The summed E-state index contributed by atoms with van der Waals surface area (Å²) in [4.78, 5) is 0. The number of hydrogen-bond donors (Lipinski definition) is 1. The van der Waals surface area contributed by atoms with Crippen molar-refractivity contribution >= 4 is 15.9 Å². The van der Waals surface area contributed by atoms with Crippen molar-refractivity contribution in [3.8, 4) is 0 Å². The number of halogens is 2. The molecule has 1 atom stereocenters. The predicted molar refractivity (Wildman–Crippen MR) is 80.7 cm³/mol. The number of nitrogens with one attached hydrogen (secondary N) is 1. The van der Waals surface area contributed by atoms with Crippen LogP contribution in [0.3, 0.4) is 0 Å². The molecule has 19 heavy (non-hydrogen) atoms. The minimum absolute atomic E-state index is 0.213. The van der Waals surface area contributed by atoms with Crippen molar-refractivity contribution in [1.82, 2.24) is 5.32 Å². The van der Waals surface area contributed by atoms with Crippen LogP contribution in [0.1, 0.15) is 24.0 Å². The third kappa shape index (κ3) is 4.15. The second-order valence-corrected chi connectivity index (χ2v) is 5.55. The molecule has 100 valence electrons. The van der Waals surface area contributed by atoms with Crippen LogP contribution in [0.15, 0.2) is 53.0 Å². The highest BCUT2D eigenvalue weighted by Gasteiger charge is 2.05. The maximum atomic E-state index is 13.4. The van der Waals surface area contributed by atoms with Crippen molar-refractivity contribution in [3.63, 3.8) is 0 Å². The first-order valence-corrected chi connectivity index (χ1v) is 7.15. The molecular weight excluding hydrogens is 305 g/mol. The normalized spacial score (nSPS) is 12.4. The second kappa shape index (κ2) is 6.83.